The van der Waals surface area contributed by atoms with Crippen LogP contribution in [0.5, 0.6) is 0 Å². The number of benzene rings is 1. The predicted octanol–water partition coefficient (Wildman–Crippen LogP) is 1.65. The van der Waals surface area contributed by atoms with Crippen LogP contribution in [0.1, 0.15) is 41.6 Å². The van der Waals surface area contributed by atoms with Gasteiger partial charge in [0.2, 0.25) is 5.43 Å². The van der Waals surface area contributed by atoms with Crippen LogP contribution in [0.2, 0.25) is 0 Å². The Hall–Kier alpha value is -2.11. The molecule has 8 N–H and O–H groups in total. The van der Waals surface area contributed by atoms with Gasteiger partial charge in [-0.15, -0.1) is 0 Å². The van der Waals surface area contributed by atoms with Crippen LogP contribution in [0.25, 0.3) is 10.9 Å². The summed E-state index contributed by atoms with van der Waals surface area (Å²) in [6.45, 7) is 1.68. The van der Waals surface area contributed by atoms with Crippen LogP contribution in [-0.4, -0.2) is 52.4 Å². The van der Waals surface area contributed by atoms with Crippen LogP contribution >= 0.6 is 15.2 Å². The number of hydrogen-bond donors (Lipinski definition) is 8. The number of rotatable bonds is 10. The normalized spacial score (nSPS) is 12.8. The van der Waals surface area contributed by atoms with E-state index in [2.05, 4.69) is 10.3 Å². The second-order valence-corrected chi connectivity index (χ2v) is 11.2. The van der Waals surface area contributed by atoms with Gasteiger partial charge in [-0.05, 0) is 37.8 Å². The molecule has 1 aromatic carbocycles. The molecule has 32 heavy (non-hydrogen) atoms. The first-order chi connectivity index (χ1) is 14.6. The molecule has 2 rings (SSSR count). The molecule has 178 valence electrons. The van der Waals surface area contributed by atoms with Gasteiger partial charge in [0.05, 0.1) is 11.2 Å². The molecule has 0 amide bonds. The van der Waals surface area contributed by atoms with E-state index in [1.807, 2.05) is 0 Å². The predicted molar refractivity (Wildman–Crippen MR) is 112 cm³/mol. The van der Waals surface area contributed by atoms with Gasteiger partial charge in [0.25, 0.3) is 5.08 Å². The van der Waals surface area contributed by atoms with Crippen molar-refractivity contribution in [3.63, 3.8) is 0 Å². The highest BCUT2D eigenvalue weighted by Gasteiger charge is 2.58. The highest BCUT2D eigenvalue weighted by atomic mass is 31.2. The van der Waals surface area contributed by atoms with E-state index in [4.69, 9.17) is 24.7 Å². The molecule has 15 heteroatoms. The Morgan fingerprint density at radius 2 is 1.75 bits per heavy atom. The minimum absolute atomic E-state index is 0.0539. The summed E-state index contributed by atoms with van der Waals surface area (Å²) in [5.41, 5.74) is -0.730. The number of aromatic amines is 1. The van der Waals surface area contributed by atoms with E-state index in [1.54, 1.807) is 0 Å². The van der Waals surface area contributed by atoms with Gasteiger partial charge in [0, 0.05) is 18.1 Å². The van der Waals surface area contributed by atoms with Crippen molar-refractivity contribution in [2.24, 2.45) is 0 Å². The van der Waals surface area contributed by atoms with E-state index in [-0.39, 0.29) is 36.0 Å². The number of nitrogens with one attached hydrogen (secondary N) is 2. The Kier molecular flexibility index (Phi) is 7.68. The number of carboxylic acids is 1. The second kappa shape index (κ2) is 9.40. The molecular formula is C17H23FN2O10P2. The molecule has 0 fully saturated rings. The number of carboxylic acid groups (broad SMARTS) is 1. The molecule has 1 aromatic heterocycles. The summed E-state index contributed by atoms with van der Waals surface area (Å²) in [6, 6.07) is 0.913. The number of halogens is 1. The van der Waals surface area contributed by atoms with Gasteiger partial charge in [-0.3, -0.25) is 13.9 Å². The first-order valence-corrected chi connectivity index (χ1v) is 12.5. The molecule has 0 saturated heterocycles. The Morgan fingerprint density at radius 1 is 1.16 bits per heavy atom. The fourth-order valence-electron chi connectivity index (χ4n) is 3.21. The van der Waals surface area contributed by atoms with Gasteiger partial charge < -0.3 is 40.1 Å². The van der Waals surface area contributed by atoms with Crippen LogP contribution in [0, 0.1) is 12.7 Å². The van der Waals surface area contributed by atoms with E-state index >= 15 is 0 Å². The van der Waals surface area contributed by atoms with Crippen molar-refractivity contribution in [3.05, 3.63) is 39.4 Å². The van der Waals surface area contributed by atoms with Crippen molar-refractivity contribution in [2.45, 2.75) is 37.7 Å². The fourth-order valence-corrected chi connectivity index (χ4v) is 5.47. The molecule has 0 atom stereocenters. The Labute approximate surface area is 180 Å². The summed E-state index contributed by atoms with van der Waals surface area (Å²) in [5, 5.41) is 18.0. The van der Waals surface area contributed by atoms with Crippen LogP contribution in [0.4, 0.5) is 10.1 Å². The van der Waals surface area contributed by atoms with E-state index < -0.39 is 49.5 Å². The number of aromatic nitrogens is 1. The second-order valence-electron chi connectivity index (χ2n) is 7.22. The summed E-state index contributed by atoms with van der Waals surface area (Å²) >= 11 is 0. The zero-order valence-electron chi connectivity index (χ0n) is 16.8. The average molecular weight is 496 g/mol. The zero-order valence-corrected chi connectivity index (χ0v) is 18.6. The number of aryl methyl sites for hydroxylation is 1. The largest absolute Gasteiger partial charge is 0.477 e. The van der Waals surface area contributed by atoms with Crippen LogP contribution < -0.4 is 10.7 Å². The first-order valence-electron chi connectivity index (χ1n) is 9.27. The van der Waals surface area contributed by atoms with E-state index in [0.29, 0.717) is 12.0 Å². The van der Waals surface area contributed by atoms with E-state index in [0.717, 1.165) is 12.3 Å². The number of anilines is 1. The summed E-state index contributed by atoms with van der Waals surface area (Å²) in [5.74, 6) is -2.24. The number of aliphatic hydroxyl groups is 1. The maximum atomic E-state index is 14.5. The van der Waals surface area contributed by atoms with E-state index in [9.17, 15) is 28.2 Å². The van der Waals surface area contributed by atoms with Gasteiger partial charge in [-0.1, -0.05) is 6.42 Å². The Morgan fingerprint density at radius 3 is 2.28 bits per heavy atom. The molecule has 2 aromatic rings. The summed E-state index contributed by atoms with van der Waals surface area (Å²) < 4.78 is 37.1. The third kappa shape index (κ3) is 5.10. The number of aromatic carboxylic acids is 1. The topological polar surface area (TPSA) is 217 Å². The quantitative estimate of drug-likeness (QED) is 0.175. The van der Waals surface area contributed by atoms with Crippen LogP contribution in [-0.2, 0) is 9.13 Å². The lowest BCUT2D eigenvalue weighted by molar-refractivity contribution is 0.0695. The van der Waals surface area contributed by atoms with E-state index in [1.165, 1.54) is 6.92 Å². The number of carbonyl (C=O) groups is 1. The van der Waals surface area contributed by atoms with Gasteiger partial charge in [0.15, 0.2) is 0 Å². The molecule has 0 bridgehead atoms. The minimum atomic E-state index is -5.50. The smallest absolute Gasteiger partial charge is 0.369 e. The molecule has 1 heterocycles. The summed E-state index contributed by atoms with van der Waals surface area (Å²) in [4.78, 5) is 62.3. The van der Waals surface area contributed by atoms with Crippen molar-refractivity contribution in [3.8, 4) is 0 Å². The molecule has 0 aliphatic carbocycles. The molecule has 0 aliphatic heterocycles. The zero-order chi connectivity index (χ0) is 24.5. The Balaban J connectivity index is 2.06. The number of H-pyrrole nitrogens is 1. The lowest BCUT2D eigenvalue weighted by atomic mass is 10.1. The summed E-state index contributed by atoms with van der Waals surface area (Å²) in [6.07, 6.45) is 0.550. The maximum Gasteiger partial charge on any atom is 0.369 e. The number of fused-ring (bicyclic) bond motifs is 1. The van der Waals surface area contributed by atoms with Crippen molar-refractivity contribution in [1.29, 1.82) is 0 Å². The van der Waals surface area contributed by atoms with Gasteiger partial charge in [-0.2, -0.15) is 0 Å². The van der Waals surface area contributed by atoms with Crippen LogP contribution in [0.15, 0.2) is 17.1 Å². The third-order valence-electron chi connectivity index (χ3n) is 5.03. The molecular weight excluding hydrogens is 473 g/mol. The number of hydrogen-bond acceptors (Lipinski definition) is 6. The molecule has 0 unspecified atom stereocenters. The molecule has 0 aliphatic rings. The Bertz CT molecular complexity index is 1160. The van der Waals surface area contributed by atoms with Crippen molar-refractivity contribution in [2.75, 3.05) is 11.9 Å². The standard InChI is InChI=1S/C17H23FN2O10P2/c1-9-13-10(15(21)11(8-20-13)16(22)23)7-12(18)14(9)19-6-4-2-3-5-17(24,31(25,26)27)32(28,29)30/h7-8,19,24H,2-6H2,1H3,(H,20,21)(H,22,23)(H2,25,26,27)(H2,28,29,30). The van der Waals surface area contributed by atoms with Gasteiger partial charge in [0.1, 0.15) is 11.4 Å². The monoisotopic (exact) mass is 496 g/mol. The molecule has 0 spiro atoms. The van der Waals surface area contributed by atoms with Gasteiger partial charge in [-0.25, -0.2) is 9.18 Å². The summed E-state index contributed by atoms with van der Waals surface area (Å²) in [7, 11) is -11.0. The molecule has 0 radical (unpaired) electrons. The lowest BCUT2D eigenvalue weighted by Crippen LogP contribution is -2.28. The number of pyridine rings is 1. The molecule has 12 nitrogen and oxygen atoms in total. The average Bonchev–Trinajstić information content (AvgIpc) is 2.65. The highest BCUT2D eigenvalue weighted by molar-refractivity contribution is 7.72. The van der Waals surface area contributed by atoms with Crippen LogP contribution in [0.3, 0.4) is 0 Å². The van der Waals surface area contributed by atoms with Gasteiger partial charge >= 0.3 is 21.2 Å². The SMILES string of the molecule is Cc1c(NCCCCCC(O)(P(=O)(O)O)P(=O)(O)O)c(F)cc2c(=O)c(C(=O)O)c[nH]c12. The van der Waals surface area contributed by atoms with Crippen molar-refractivity contribution in [1.82, 2.24) is 4.98 Å². The van der Waals surface area contributed by atoms with Crippen molar-refractivity contribution >= 4 is 37.8 Å². The third-order valence-corrected chi connectivity index (χ3v) is 8.91. The lowest BCUT2D eigenvalue weighted by Gasteiger charge is -2.29. The minimum Gasteiger partial charge on any atom is -0.477 e. The first kappa shape index (κ1) is 26.1. The number of unbranched alkanes of at least 4 members (excludes halogenated alkanes) is 2. The van der Waals surface area contributed by atoms with Crippen molar-refractivity contribution < 1.29 is 48.1 Å². The fraction of sp³-hybridized carbons (Fsp3) is 0.412. The highest BCUT2D eigenvalue weighted by Crippen LogP contribution is 2.69. The molecule has 0 saturated carbocycles. The maximum absolute atomic E-state index is 14.5.